The molecule has 1 amide bonds. The van der Waals surface area contributed by atoms with Gasteiger partial charge in [0.05, 0.1) is 6.61 Å². The Morgan fingerprint density at radius 2 is 2.43 bits per heavy atom. The molecule has 2 saturated heterocycles. The van der Waals surface area contributed by atoms with E-state index in [1.165, 1.54) is 0 Å². The molecule has 2 heterocycles. The Labute approximate surface area is 83.6 Å². The molecular weight excluding hydrogens is 182 g/mol. The number of nitrogens with one attached hydrogen (secondary N) is 1. The van der Waals surface area contributed by atoms with Gasteiger partial charge >= 0.3 is 0 Å². The van der Waals surface area contributed by atoms with Crippen LogP contribution >= 0.6 is 0 Å². The molecule has 0 aliphatic carbocycles. The molecule has 0 saturated carbocycles. The van der Waals surface area contributed by atoms with E-state index in [9.17, 15) is 4.79 Å². The van der Waals surface area contributed by atoms with Gasteiger partial charge in [-0.2, -0.15) is 0 Å². The first-order chi connectivity index (χ1) is 6.77. The number of carbonyl (C=O) groups is 1. The number of carbonyl (C=O) groups excluding carboxylic acids is 1. The number of rotatable bonds is 1. The number of nitrogens with two attached hydrogens (primary N) is 1. The minimum atomic E-state index is -0.297. The number of ether oxygens (including phenoxy) is 1. The van der Waals surface area contributed by atoms with Gasteiger partial charge in [-0.05, 0) is 6.42 Å². The summed E-state index contributed by atoms with van der Waals surface area (Å²) in [7, 11) is 0. The average molecular weight is 199 g/mol. The number of hydrogen-bond donors (Lipinski definition) is 2. The van der Waals surface area contributed by atoms with Crippen LogP contribution in [0.2, 0.25) is 0 Å². The standard InChI is InChI=1S/C9H17N3O2/c10-7-1-3-12(6-7)9(13)8-5-11-2-4-14-8/h7-8,11H,1-6,10H2/t7-,8-/m1/s1. The van der Waals surface area contributed by atoms with Crippen LogP contribution in [0.25, 0.3) is 0 Å². The highest BCUT2D eigenvalue weighted by Crippen LogP contribution is 2.10. The van der Waals surface area contributed by atoms with Crippen LogP contribution in [0, 0.1) is 0 Å². The first-order valence-electron chi connectivity index (χ1n) is 5.14. The second kappa shape index (κ2) is 4.25. The molecule has 2 aliphatic rings. The molecule has 3 N–H and O–H groups in total. The largest absolute Gasteiger partial charge is 0.366 e. The van der Waals surface area contributed by atoms with Gasteiger partial charge < -0.3 is 20.7 Å². The third-order valence-electron chi connectivity index (χ3n) is 2.74. The van der Waals surface area contributed by atoms with E-state index < -0.39 is 0 Å². The molecule has 5 nitrogen and oxygen atoms in total. The second-order valence-corrected chi connectivity index (χ2v) is 3.90. The van der Waals surface area contributed by atoms with E-state index in [-0.39, 0.29) is 18.1 Å². The highest BCUT2D eigenvalue weighted by atomic mass is 16.5. The number of amides is 1. The van der Waals surface area contributed by atoms with Crippen LogP contribution in [-0.4, -0.2) is 55.7 Å². The van der Waals surface area contributed by atoms with Crippen LogP contribution in [0.1, 0.15) is 6.42 Å². The summed E-state index contributed by atoms with van der Waals surface area (Å²) in [5, 5.41) is 3.15. The number of hydrogen-bond acceptors (Lipinski definition) is 4. The van der Waals surface area contributed by atoms with Gasteiger partial charge in [-0.1, -0.05) is 0 Å². The highest BCUT2D eigenvalue weighted by Gasteiger charge is 2.30. The fourth-order valence-electron chi connectivity index (χ4n) is 1.92. The summed E-state index contributed by atoms with van der Waals surface area (Å²) in [6.45, 7) is 3.54. The Morgan fingerprint density at radius 1 is 1.57 bits per heavy atom. The van der Waals surface area contributed by atoms with Crippen LogP contribution in [0.4, 0.5) is 0 Å². The average Bonchev–Trinajstić information content (AvgIpc) is 2.65. The summed E-state index contributed by atoms with van der Waals surface area (Å²) in [6.07, 6.45) is 0.611. The van der Waals surface area contributed by atoms with Crippen LogP contribution in [-0.2, 0) is 9.53 Å². The first kappa shape index (κ1) is 9.89. The summed E-state index contributed by atoms with van der Waals surface area (Å²) >= 11 is 0. The predicted octanol–water partition coefficient (Wildman–Crippen LogP) is -1.47. The van der Waals surface area contributed by atoms with Gasteiger partial charge in [-0.15, -0.1) is 0 Å². The third-order valence-corrected chi connectivity index (χ3v) is 2.74. The molecule has 2 fully saturated rings. The zero-order valence-electron chi connectivity index (χ0n) is 8.24. The SMILES string of the molecule is N[C@@H]1CCN(C(=O)[C@H]2CNCCO2)C1. The molecule has 14 heavy (non-hydrogen) atoms. The number of nitrogens with zero attached hydrogens (tertiary/aromatic N) is 1. The monoisotopic (exact) mass is 199 g/mol. The van der Waals surface area contributed by atoms with Crippen molar-refractivity contribution in [3.8, 4) is 0 Å². The van der Waals surface area contributed by atoms with E-state index in [2.05, 4.69) is 5.32 Å². The molecule has 80 valence electrons. The minimum Gasteiger partial charge on any atom is -0.366 e. The normalized spacial score (nSPS) is 33.4. The van der Waals surface area contributed by atoms with E-state index >= 15 is 0 Å². The molecule has 5 heteroatoms. The summed E-state index contributed by atoms with van der Waals surface area (Å²) in [5.41, 5.74) is 5.74. The third kappa shape index (κ3) is 2.05. The van der Waals surface area contributed by atoms with Crippen molar-refractivity contribution in [3.05, 3.63) is 0 Å². The molecular formula is C9H17N3O2. The van der Waals surface area contributed by atoms with Gasteiger partial charge in [0.15, 0.2) is 0 Å². The molecule has 0 spiro atoms. The lowest BCUT2D eigenvalue weighted by Gasteiger charge is -2.26. The minimum absolute atomic E-state index is 0.0881. The summed E-state index contributed by atoms with van der Waals surface area (Å²) in [4.78, 5) is 13.7. The number of morpholine rings is 1. The second-order valence-electron chi connectivity index (χ2n) is 3.90. The Balaban J connectivity index is 1.87. The Kier molecular flexibility index (Phi) is 3.00. The maximum absolute atomic E-state index is 11.9. The molecule has 0 aromatic heterocycles. The van der Waals surface area contributed by atoms with Crippen molar-refractivity contribution < 1.29 is 9.53 Å². The van der Waals surface area contributed by atoms with E-state index in [0.29, 0.717) is 19.7 Å². The maximum atomic E-state index is 11.9. The van der Waals surface area contributed by atoms with Crippen LogP contribution < -0.4 is 11.1 Å². The fraction of sp³-hybridized carbons (Fsp3) is 0.889. The molecule has 0 radical (unpaired) electrons. The summed E-state index contributed by atoms with van der Waals surface area (Å²) in [6, 6.07) is 0.149. The Hall–Kier alpha value is -0.650. The lowest BCUT2D eigenvalue weighted by Crippen LogP contribution is -2.49. The molecule has 0 unspecified atom stereocenters. The lowest BCUT2D eigenvalue weighted by molar-refractivity contribution is -0.144. The van der Waals surface area contributed by atoms with Crippen LogP contribution in [0.15, 0.2) is 0 Å². The Bertz CT molecular complexity index is 209. The van der Waals surface area contributed by atoms with Crippen molar-refractivity contribution in [3.63, 3.8) is 0 Å². The van der Waals surface area contributed by atoms with Crippen LogP contribution in [0.3, 0.4) is 0 Å². The van der Waals surface area contributed by atoms with Gasteiger partial charge in [0.2, 0.25) is 0 Å². The van der Waals surface area contributed by atoms with Crippen molar-refractivity contribution in [2.24, 2.45) is 5.73 Å². The quantitative estimate of drug-likeness (QED) is 0.541. The predicted molar refractivity (Wildman–Crippen MR) is 51.8 cm³/mol. The van der Waals surface area contributed by atoms with E-state index in [0.717, 1.165) is 19.5 Å². The first-order valence-corrected chi connectivity index (χ1v) is 5.14. The van der Waals surface area contributed by atoms with Gasteiger partial charge in [0.1, 0.15) is 6.10 Å². The maximum Gasteiger partial charge on any atom is 0.253 e. The smallest absolute Gasteiger partial charge is 0.253 e. The Morgan fingerprint density at radius 3 is 3.00 bits per heavy atom. The van der Waals surface area contributed by atoms with Gasteiger partial charge in [-0.3, -0.25) is 4.79 Å². The zero-order chi connectivity index (χ0) is 9.97. The number of likely N-dealkylation sites (tertiary alicyclic amines) is 1. The molecule has 2 aliphatic heterocycles. The van der Waals surface area contributed by atoms with Gasteiger partial charge in [0.25, 0.3) is 5.91 Å². The van der Waals surface area contributed by atoms with Gasteiger partial charge in [0, 0.05) is 32.2 Å². The van der Waals surface area contributed by atoms with E-state index in [4.69, 9.17) is 10.5 Å². The summed E-state index contributed by atoms with van der Waals surface area (Å²) < 4.78 is 5.39. The van der Waals surface area contributed by atoms with Crippen molar-refractivity contribution >= 4 is 5.91 Å². The molecule has 0 aromatic carbocycles. The van der Waals surface area contributed by atoms with Crippen molar-refractivity contribution in [1.29, 1.82) is 0 Å². The molecule has 2 atom stereocenters. The zero-order valence-corrected chi connectivity index (χ0v) is 8.24. The molecule has 0 aromatic rings. The fourth-order valence-corrected chi connectivity index (χ4v) is 1.92. The van der Waals surface area contributed by atoms with Crippen LogP contribution in [0.5, 0.6) is 0 Å². The highest BCUT2D eigenvalue weighted by molar-refractivity contribution is 5.81. The van der Waals surface area contributed by atoms with E-state index in [1.54, 1.807) is 0 Å². The van der Waals surface area contributed by atoms with Crippen molar-refractivity contribution in [2.75, 3.05) is 32.8 Å². The molecule has 0 bridgehead atoms. The topological polar surface area (TPSA) is 67.6 Å². The molecule has 2 rings (SSSR count). The summed E-state index contributed by atoms with van der Waals surface area (Å²) in [5.74, 6) is 0.0881. The van der Waals surface area contributed by atoms with Crippen molar-refractivity contribution in [2.45, 2.75) is 18.6 Å². The lowest BCUT2D eigenvalue weighted by atomic mass is 10.2. The van der Waals surface area contributed by atoms with E-state index in [1.807, 2.05) is 4.90 Å². The van der Waals surface area contributed by atoms with Gasteiger partial charge in [-0.25, -0.2) is 0 Å². The van der Waals surface area contributed by atoms with Crippen molar-refractivity contribution in [1.82, 2.24) is 10.2 Å².